The van der Waals surface area contributed by atoms with Crippen molar-refractivity contribution in [3.05, 3.63) is 52.1 Å². The van der Waals surface area contributed by atoms with Crippen LogP contribution < -0.4 is 14.8 Å². The first-order chi connectivity index (χ1) is 14.8. The molecule has 1 N–H and O–H groups in total. The molecular weight excluding hydrogens is 414 g/mol. The topological polar surface area (TPSA) is 56.8 Å². The Morgan fingerprint density at radius 2 is 1.55 bits per heavy atom. The Bertz CT molecular complexity index is 851. The lowest BCUT2D eigenvalue weighted by Gasteiger charge is -2.19. The molecule has 0 spiro atoms. The highest BCUT2D eigenvalue weighted by molar-refractivity contribution is 6.18. The van der Waals surface area contributed by atoms with Gasteiger partial charge in [0.1, 0.15) is 29.9 Å². The van der Waals surface area contributed by atoms with E-state index in [-0.39, 0.29) is 12.0 Å². The molecular formula is C25H34ClNO4. The molecule has 1 atom stereocenters. The fourth-order valence-electron chi connectivity index (χ4n) is 3.74. The first kappa shape index (κ1) is 25.0. The van der Waals surface area contributed by atoms with Crippen LogP contribution in [0.1, 0.15) is 41.7 Å². The van der Waals surface area contributed by atoms with Crippen LogP contribution in [0.2, 0.25) is 0 Å². The number of rotatable bonds is 11. The number of hydrogen-bond donors (Lipinski definition) is 1. The summed E-state index contributed by atoms with van der Waals surface area (Å²) in [4.78, 5) is 12.2. The Balaban J connectivity index is 2.23. The maximum atomic E-state index is 12.2. The van der Waals surface area contributed by atoms with Gasteiger partial charge in [0, 0.05) is 0 Å². The molecule has 31 heavy (non-hydrogen) atoms. The molecule has 1 unspecified atom stereocenters. The van der Waals surface area contributed by atoms with Gasteiger partial charge in [-0.3, -0.25) is 4.79 Å². The number of carbonyl (C=O) groups is 1. The van der Waals surface area contributed by atoms with Gasteiger partial charge in [0.05, 0.1) is 12.5 Å². The highest BCUT2D eigenvalue weighted by Gasteiger charge is 2.20. The van der Waals surface area contributed by atoms with Gasteiger partial charge < -0.3 is 19.5 Å². The summed E-state index contributed by atoms with van der Waals surface area (Å²) in [5.41, 5.74) is 5.13. The summed E-state index contributed by atoms with van der Waals surface area (Å²) in [5.74, 6) is 2.68. The Kier molecular flexibility index (Phi) is 9.66. The van der Waals surface area contributed by atoms with Gasteiger partial charge in [0.15, 0.2) is 0 Å². The smallest absolute Gasteiger partial charge is 0.323 e. The zero-order chi connectivity index (χ0) is 23.0. The normalized spacial score (nSPS) is 11.8. The average Bonchev–Trinajstić information content (AvgIpc) is 2.70. The molecule has 0 aliphatic rings. The summed E-state index contributed by atoms with van der Waals surface area (Å²) < 4.78 is 17.2. The van der Waals surface area contributed by atoms with E-state index in [1.807, 2.05) is 53.7 Å². The van der Waals surface area contributed by atoms with Crippen LogP contribution in [0, 0.1) is 27.7 Å². The van der Waals surface area contributed by atoms with Gasteiger partial charge in [-0.1, -0.05) is 19.1 Å². The molecule has 5 nitrogen and oxygen atoms in total. The van der Waals surface area contributed by atoms with E-state index < -0.39 is 0 Å². The highest BCUT2D eigenvalue weighted by atomic mass is 35.5. The van der Waals surface area contributed by atoms with Gasteiger partial charge in [-0.05, 0) is 87.5 Å². The van der Waals surface area contributed by atoms with Crippen molar-refractivity contribution < 1.29 is 19.0 Å². The molecule has 0 amide bonds. The van der Waals surface area contributed by atoms with Crippen molar-refractivity contribution in [3.63, 3.8) is 0 Å². The van der Waals surface area contributed by atoms with Crippen molar-refractivity contribution in [1.29, 1.82) is 0 Å². The van der Waals surface area contributed by atoms with E-state index in [2.05, 4.69) is 17.4 Å². The molecule has 0 heterocycles. The van der Waals surface area contributed by atoms with E-state index in [9.17, 15) is 4.79 Å². The third kappa shape index (κ3) is 6.88. The minimum Gasteiger partial charge on any atom is -0.492 e. The van der Waals surface area contributed by atoms with Crippen LogP contribution in [0.4, 0.5) is 0 Å². The third-order valence-corrected chi connectivity index (χ3v) is 5.11. The summed E-state index contributed by atoms with van der Waals surface area (Å²) in [6.45, 7) is 13.4. The number of aryl methyl sites for hydroxylation is 4. The first-order valence-corrected chi connectivity index (χ1v) is 11.3. The molecule has 0 aromatic heterocycles. The Hall–Kier alpha value is -2.24. The molecule has 0 radical (unpaired) electrons. The van der Waals surface area contributed by atoms with Gasteiger partial charge >= 0.3 is 5.97 Å². The fraction of sp³-hybridized carbons (Fsp3) is 0.480. The summed E-state index contributed by atoms with van der Waals surface area (Å²) in [6, 6.07) is 7.74. The van der Waals surface area contributed by atoms with Crippen molar-refractivity contribution in [2.45, 2.75) is 54.0 Å². The largest absolute Gasteiger partial charge is 0.492 e. The van der Waals surface area contributed by atoms with Crippen LogP contribution in [0.15, 0.2) is 24.3 Å². The Morgan fingerprint density at radius 1 is 0.968 bits per heavy atom. The molecule has 0 aliphatic heterocycles. The van der Waals surface area contributed by atoms with E-state index in [0.717, 1.165) is 45.1 Å². The van der Waals surface area contributed by atoms with E-state index in [4.69, 9.17) is 25.8 Å². The van der Waals surface area contributed by atoms with Crippen molar-refractivity contribution in [2.24, 2.45) is 0 Å². The molecule has 0 aliphatic carbocycles. The van der Waals surface area contributed by atoms with Crippen LogP contribution in [0.3, 0.4) is 0 Å². The minimum atomic E-state index is -0.360. The second-order valence-corrected chi connectivity index (χ2v) is 8.03. The average molecular weight is 448 g/mol. The number of nitrogens with one attached hydrogen (secondary N) is 1. The summed E-state index contributed by atoms with van der Waals surface area (Å²) in [6.07, 6.45) is 0.569. The number of likely N-dealkylation sites (N-methyl/N-ethyl adjacent to an activating group) is 1. The fourth-order valence-corrected chi connectivity index (χ4v) is 3.82. The number of hydrogen-bond acceptors (Lipinski definition) is 5. The van der Waals surface area contributed by atoms with Crippen molar-refractivity contribution in [2.75, 3.05) is 25.6 Å². The molecule has 2 aromatic rings. The van der Waals surface area contributed by atoms with Gasteiger partial charge in [-0.2, -0.15) is 0 Å². The SMILES string of the molecule is CCNC(Cc1cc(C)c(Oc2cc(C)c(OCCCl)c(C)c2)c(C)c1)C(=O)OCC. The number of benzene rings is 2. The van der Waals surface area contributed by atoms with Gasteiger partial charge in [0.2, 0.25) is 0 Å². The van der Waals surface area contributed by atoms with Crippen LogP contribution in [0.5, 0.6) is 17.2 Å². The zero-order valence-electron chi connectivity index (χ0n) is 19.4. The van der Waals surface area contributed by atoms with E-state index in [1.54, 1.807) is 0 Å². The second-order valence-electron chi connectivity index (χ2n) is 7.65. The lowest BCUT2D eigenvalue weighted by Crippen LogP contribution is -2.39. The maximum absolute atomic E-state index is 12.2. The number of halogens is 1. The summed E-state index contributed by atoms with van der Waals surface area (Å²) in [5, 5.41) is 3.22. The number of carbonyl (C=O) groups excluding carboxylic acids is 1. The van der Waals surface area contributed by atoms with Crippen molar-refractivity contribution in [1.82, 2.24) is 5.32 Å². The molecule has 0 saturated heterocycles. The summed E-state index contributed by atoms with van der Waals surface area (Å²) in [7, 11) is 0. The van der Waals surface area contributed by atoms with Gasteiger partial charge in [-0.25, -0.2) is 0 Å². The molecule has 2 rings (SSSR count). The number of ether oxygens (including phenoxy) is 3. The van der Waals surface area contributed by atoms with E-state index in [1.165, 1.54) is 0 Å². The Labute approximate surface area is 191 Å². The van der Waals surface area contributed by atoms with E-state index >= 15 is 0 Å². The Morgan fingerprint density at radius 3 is 2.06 bits per heavy atom. The monoisotopic (exact) mass is 447 g/mol. The van der Waals surface area contributed by atoms with Gasteiger partial charge in [-0.15, -0.1) is 11.6 Å². The van der Waals surface area contributed by atoms with Crippen LogP contribution >= 0.6 is 11.6 Å². The van der Waals surface area contributed by atoms with E-state index in [0.29, 0.717) is 32.1 Å². The summed E-state index contributed by atoms with van der Waals surface area (Å²) >= 11 is 5.74. The van der Waals surface area contributed by atoms with Crippen LogP contribution in [-0.2, 0) is 16.0 Å². The first-order valence-electron chi connectivity index (χ1n) is 10.8. The second kappa shape index (κ2) is 12.0. The molecule has 0 saturated carbocycles. The molecule has 170 valence electrons. The van der Waals surface area contributed by atoms with Gasteiger partial charge in [0.25, 0.3) is 0 Å². The predicted octanol–water partition coefficient (Wildman–Crippen LogP) is 5.41. The lowest BCUT2D eigenvalue weighted by molar-refractivity contribution is -0.145. The lowest BCUT2D eigenvalue weighted by atomic mass is 10.00. The number of alkyl halides is 1. The van der Waals surface area contributed by atoms with Crippen LogP contribution in [-0.4, -0.2) is 37.6 Å². The predicted molar refractivity (Wildman–Crippen MR) is 126 cm³/mol. The number of esters is 1. The highest BCUT2D eigenvalue weighted by Crippen LogP contribution is 2.34. The maximum Gasteiger partial charge on any atom is 0.323 e. The molecule has 6 heteroatoms. The standard InChI is InChI=1S/C25H34ClNO4/c1-7-27-22(25(28)29-8-2)15-20-11-16(3)24(17(4)12-20)31-21-13-18(5)23(19(6)14-21)30-10-9-26/h11-14,22,27H,7-10,15H2,1-6H3. The van der Waals surface area contributed by atoms with Crippen LogP contribution in [0.25, 0.3) is 0 Å². The minimum absolute atomic E-state index is 0.220. The molecule has 0 fully saturated rings. The zero-order valence-corrected chi connectivity index (χ0v) is 20.2. The van der Waals surface area contributed by atoms with Crippen molar-refractivity contribution >= 4 is 17.6 Å². The third-order valence-electron chi connectivity index (χ3n) is 4.96. The quantitative estimate of drug-likeness (QED) is 0.368. The molecule has 2 aromatic carbocycles. The van der Waals surface area contributed by atoms with Crippen molar-refractivity contribution in [3.8, 4) is 17.2 Å². The molecule has 0 bridgehead atoms.